The Labute approximate surface area is 139 Å². The van der Waals surface area contributed by atoms with Gasteiger partial charge in [-0.2, -0.15) is 0 Å². The van der Waals surface area contributed by atoms with E-state index in [0.29, 0.717) is 35.0 Å². The summed E-state index contributed by atoms with van der Waals surface area (Å²) in [5.74, 6) is 1.71. The van der Waals surface area contributed by atoms with Crippen LogP contribution >= 0.6 is 0 Å². The van der Waals surface area contributed by atoms with Crippen molar-refractivity contribution in [2.45, 2.75) is 13.0 Å². The summed E-state index contributed by atoms with van der Waals surface area (Å²) < 4.78 is 16.7. The zero-order valence-electron chi connectivity index (χ0n) is 13.4. The Morgan fingerprint density at radius 1 is 1.21 bits per heavy atom. The van der Waals surface area contributed by atoms with Gasteiger partial charge >= 0.3 is 0 Å². The smallest absolute Gasteiger partial charge is 0.291 e. The molecule has 0 unspecified atom stereocenters. The predicted octanol–water partition coefficient (Wildman–Crippen LogP) is 3.85. The molecule has 0 saturated heterocycles. The summed E-state index contributed by atoms with van der Waals surface area (Å²) in [4.78, 5) is 11.1. The molecular weight excluding hydrogens is 310 g/mol. The van der Waals surface area contributed by atoms with Gasteiger partial charge in [-0.25, -0.2) is 0 Å². The highest BCUT2D eigenvalue weighted by Crippen LogP contribution is 2.39. The Morgan fingerprint density at radius 3 is 2.71 bits per heavy atom. The SMILES string of the molecule is CCOc1ccc([C@H]2Oc3ccccc3C=C2[N+](=O)[O-])cc1OC. The van der Waals surface area contributed by atoms with Crippen LogP contribution < -0.4 is 14.2 Å². The van der Waals surface area contributed by atoms with Crippen molar-refractivity contribution >= 4 is 6.08 Å². The maximum atomic E-state index is 11.5. The third-order valence-corrected chi connectivity index (χ3v) is 3.74. The minimum Gasteiger partial charge on any atom is -0.493 e. The minimum absolute atomic E-state index is 0.0140. The zero-order chi connectivity index (χ0) is 17.1. The van der Waals surface area contributed by atoms with Crippen LogP contribution in [-0.2, 0) is 0 Å². The number of nitrogens with zero attached hydrogens (tertiary/aromatic N) is 1. The van der Waals surface area contributed by atoms with E-state index in [1.807, 2.05) is 19.1 Å². The molecule has 2 aromatic carbocycles. The number of ether oxygens (including phenoxy) is 3. The van der Waals surface area contributed by atoms with Gasteiger partial charge in [0.25, 0.3) is 5.70 Å². The van der Waals surface area contributed by atoms with E-state index in [0.717, 1.165) is 0 Å². The van der Waals surface area contributed by atoms with E-state index >= 15 is 0 Å². The molecule has 0 bridgehead atoms. The number of methoxy groups -OCH3 is 1. The first-order valence-corrected chi connectivity index (χ1v) is 7.56. The molecular formula is C18H17NO5. The third kappa shape index (κ3) is 2.90. The molecule has 0 saturated carbocycles. The van der Waals surface area contributed by atoms with Gasteiger partial charge in [0.15, 0.2) is 11.5 Å². The van der Waals surface area contributed by atoms with E-state index in [4.69, 9.17) is 14.2 Å². The largest absolute Gasteiger partial charge is 0.493 e. The second-order valence-electron chi connectivity index (χ2n) is 5.21. The summed E-state index contributed by atoms with van der Waals surface area (Å²) >= 11 is 0. The molecule has 1 aliphatic rings. The summed E-state index contributed by atoms with van der Waals surface area (Å²) in [5, 5.41) is 11.5. The van der Waals surface area contributed by atoms with E-state index in [1.165, 1.54) is 7.11 Å². The molecule has 3 rings (SSSR count). The van der Waals surface area contributed by atoms with Gasteiger partial charge in [0.2, 0.25) is 6.10 Å². The van der Waals surface area contributed by atoms with Crippen molar-refractivity contribution in [3.05, 3.63) is 69.4 Å². The van der Waals surface area contributed by atoms with Crippen LogP contribution in [0.1, 0.15) is 24.2 Å². The fraction of sp³-hybridized carbons (Fsp3) is 0.222. The average Bonchev–Trinajstić information content (AvgIpc) is 2.61. The van der Waals surface area contributed by atoms with Crippen molar-refractivity contribution in [2.75, 3.05) is 13.7 Å². The van der Waals surface area contributed by atoms with E-state index < -0.39 is 11.0 Å². The Morgan fingerprint density at radius 2 is 2.00 bits per heavy atom. The Bertz CT molecular complexity index is 800. The number of rotatable bonds is 5. The highest BCUT2D eigenvalue weighted by Gasteiger charge is 2.33. The molecule has 124 valence electrons. The zero-order valence-corrected chi connectivity index (χ0v) is 13.4. The number of hydrogen-bond acceptors (Lipinski definition) is 5. The molecule has 0 amide bonds. The molecule has 24 heavy (non-hydrogen) atoms. The second-order valence-corrected chi connectivity index (χ2v) is 5.21. The maximum absolute atomic E-state index is 11.5. The van der Waals surface area contributed by atoms with Crippen LogP contribution in [0.25, 0.3) is 6.08 Å². The summed E-state index contributed by atoms with van der Waals surface area (Å²) in [6, 6.07) is 12.4. The van der Waals surface area contributed by atoms with Crippen molar-refractivity contribution in [2.24, 2.45) is 0 Å². The molecule has 1 heterocycles. The van der Waals surface area contributed by atoms with E-state index in [-0.39, 0.29) is 5.70 Å². The average molecular weight is 327 g/mol. The van der Waals surface area contributed by atoms with Gasteiger partial charge in [-0.05, 0) is 25.1 Å². The first kappa shape index (κ1) is 15.9. The Balaban J connectivity index is 2.04. The normalized spacial score (nSPS) is 15.8. The van der Waals surface area contributed by atoms with E-state index in [9.17, 15) is 10.1 Å². The quantitative estimate of drug-likeness (QED) is 0.616. The second kappa shape index (κ2) is 6.62. The lowest BCUT2D eigenvalue weighted by Crippen LogP contribution is -2.19. The lowest BCUT2D eigenvalue weighted by Gasteiger charge is -2.23. The highest BCUT2D eigenvalue weighted by atomic mass is 16.6. The number of nitro groups is 1. The fourth-order valence-corrected chi connectivity index (χ4v) is 2.64. The van der Waals surface area contributed by atoms with Gasteiger partial charge in [-0.1, -0.05) is 24.3 Å². The van der Waals surface area contributed by atoms with Crippen molar-refractivity contribution < 1.29 is 19.1 Å². The molecule has 0 radical (unpaired) electrons. The molecule has 1 aliphatic heterocycles. The fourth-order valence-electron chi connectivity index (χ4n) is 2.64. The van der Waals surface area contributed by atoms with Crippen LogP contribution in [0.5, 0.6) is 17.2 Å². The topological polar surface area (TPSA) is 70.8 Å². The standard InChI is InChI=1S/C18H17NO5/c1-3-23-16-9-8-13(11-17(16)22-2)18-14(19(20)21)10-12-6-4-5-7-15(12)24-18/h4-11,18H,3H2,1-2H3/t18-/m1/s1. The lowest BCUT2D eigenvalue weighted by molar-refractivity contribution is -0.434. The number of para-hydroxylation sites is 1. The van der Waals surface area contributed by atoms with Crippen molar-refractivity contribution in [1.82, 2.24) is 0 Å². The van der Waals surface area contributed by atoms with Crippen molar-refractivity contribution in [3.8, 4) is 17.2 Å². The van der Waals surface area contributed by atoms with E-state index in [1.54, 1.807) is 36.4 Å². The Hall–Kier alpha value is -3.02. The third-order valence-electron chi connectivity index (χ3n) is 3.74. The molecule has 0 N–H and O–H groups in total. The molecule has 1 atom stereocenters. The molecule has 0 aromatic heterocycles. The summed E-state index contributed by atoms with van der Waals surface area (Å²) in [7, 11) is 1.53. The predicted molar refractivity (Wildman–Crippen MR) is 88.9 cm³/mol. The summed E-state index contributed by atoms with van der Waals surface area (Å²) in [6.45, 7) is 2.38. The number of benzene rings is 2. The van der Waals surface area contributed by atoms with E-state index in [2.05, 4.69) is 0 Å². The monoisotopic (exact) mass is 327 g/mol. The van der Waals surface area contributed by atoms with Crippen LogP contribution in [-0.4, -0.2) is 18.6 Å². The van der Waals surface area contributed by atoms with Crippen LogP contribution in [0.15, 0.2) is 48.2 Å². The van der Waals surface area contributed by atoms with Crippen LogP contribution in [0.3, 0.4) is 0 Å². The van der Waals surface area contributed by atoms with Crippen LogP contribution in [0.2, 0.25) is 0 Å². The molecule has 0 spiro atoms. The van der Waals surface area contributed by atoms with Crippen LogP contribution in [0, 0.1) is 10.1 Å². The molecule has 0 fully saturated rings. The van der Waals surface area contributed by atoms with Crippen LogP contribution in [0.4, 0.5) is 0 Å². The molecule has 2 aromatic rings. The highest BCUT2D eigenvalue weighted by molar-refractivity contribution is 5.62. The van der Waals surface area contributed by atoms with Gasteiger partial charge in [0, 0.05) is 17.2 Å². The Kier molecular flexibility index (Phi) is 4.37. The minimum atomic E-state index is -0.806. The van der Waals surface area contributed by atoms with Gasteiger partial charge in [0.1, 0.15) is 5.75 Å². The van der Waals surface area contributed by atoms with Gasteiger partial charge in [-0.15, -0.1) is 0 Å². The van der Waals surface area contributed by atoms with Gasteiger partial charge < -0.3 is 14.2 Å². The number of fused-ring (bicyclic) bond motifs is 1. The van der Waals surface area contributed by atoms with Crippen molar-refractivity contribution in [1.29, 1.82) is 0 Å². The number of hydrogen-bond donors (Lipinski definition) is 0. The van der Waals surface area contributed by atoms with Gasteiger partial charge in [0.05, 0.1) is 18.6 Å². The lowest BCUT2D eigenvalue weighted by atomic mass is 10.0. The maximum Gasteiger partial charge on any atom is 0.291 e. The first-order valence-electron chi connectivity index (χ1n) is 7.56. The molecule has 6 nitrogen and oxygen atoms in total. The summed E-state index contributed by atoms with van der Waals surface area (Å²) in [6.07, 6.45) is 0.742. The van der Waals surface area contributed by atoms with Crippen molar-refractivity contribution in [3.63, 3.8) is 0 Å². The molecule has 6 heteroatoms. The first-order chi connectivity index (χ1) is 11.6. The summed E-state index contributed by atoms with van der Waals surface area (Å²) in [5.41, 5.74) is 1.31. The molecule has 0 aliphatic carbocycles. The van der Waals surface area contributed by atoms with Gasteiger partial charge in [-0.3, -0.25) is 10.1 Å².